The van der Waals surface area contributed by atoms with Crippen molar-refractivity contribution in [1.29, 1.82) is 0 Å². The molecule has 10 nitrogen and oxygen atoms in total. The van der Waals surface area contributed by atoms with Gasteiger partial charge in [0.25, 0.3) is 11.8 Å². The second-order valence-electron chi connectivity index (χ2n) is 14.7. The summed E-state index contributed by atoms with van der Waals surface area (Å²) in [6.07, 6.45) is 4.60. The highest BCUT2D eigenvalue weighted by Crippen LogP contribution is 2.43. The van der Waals surface area contributed by atoms with Gasteiger partial charge in [-0.15, -0.1) is 12.4 Å². The number of aromatic hydroxyl groups is 1. The molecule has 1 fully saturated rings. The smallest absolute Gasteiger partial charge is 0.264 e. The Bertz CT molecular complexity index is 2210. The Hall–Kier alpha value is -5.29. The SMILES string of the molecule is COC1CCN(C[C@@H]2Cc3ccccc3CN2C(=O)c2cc3c(cc2-c2cc(C(=O)N(c4ccccc4)c4ccc(O)cc4)c4n2CCCC4)OCO3)C1.Cl. The van der Waals surface area contributed by atoms with E-state index >= 15 is 4.79 Å². The van der Waals surface area contributed by atoms with Crippen molar-refractivity contribution in [2.75, 3.05) is 38.4 Å². The molecule has 0 bridgehead atoms. The summed E-state index contributed by atoms with van der Waals surface area (Å²) in [4.78, 5) is 36.2. The van der Waals surface area contributed by atoms with Crippen molar-refractivity contribution in [1.82, 2.24) is 14.4 Å². The van der Waals surface area contributed by atoms with Crippen molar-refractivity contribution in [3.8, 4) is 28.5 Å². The third-order valence-electron chi connectivity index (χ3n) is 11.5. The van der Waals surface area contributed by atoms with E-state index in [9.17, 15) is 9.90 Å². The average Bonchev–Trinajstić information content (AvgIpc) is 3.97. The Morgan fingerprint density at radius 2 is 1.58 bits per heavy atom. The number of likely N-dealkylation sites (tertiary alicyclic amines) is 1. The summed E-state index contributed by atoms with van der Waals surface area (Å²) >= 11 is 0. The molecule has 4 aliphatic rings. The second kappa shape index (κ2) is 15.5. The van der Waals surface area contributed by atoms with Gasteiger partial charge < -0.3 is 28.8 Å². The van der Waals surface area contributed by atoms with Gasteiger partial charge in [-0.3, -0.25) is 19.4 Å². The Morgan fingerprint density at radius 3 is 2.35 bits per heavy atom. The molecular weight excluding hydrogens is 716 g/mol. The zero-order valence-corrected chi connectivity index (χ0v) is 31.7. The molecule has 1 N–H and O–H groups in total. The molecule has 0 saturated carbocycles. The van der Waals surface area contributed by atoms with Crippen LogP contribution in [0.1, 0.15) is 56.8 Å². The number of hydrogen-bond acceptors (Lipinski definition) is 7. The van der Waals surface area contributed by atoms with Crippen LogP contribution in [0.3, 0.4) is 0 Å². The maximum Gasteiger partial charge on any atom is 0.264 e. The summed E-state index contributed by atoms with van der Waals surface area (Å²) in [6.45, 7) is 3.85. The maximum atomic E-state index is 15.2. The molecule has 284 valence electrons. The first-order valence-electron chi connectivity index (χ1n) is 18.9. The molecule has 5 heterocycles. The summed E-state index contributed by atoms with van der Waals surface area (Å²) in [5.74, 6) is 1.01. The van der Waals surface area contributed by atoms with Gasteiger partial charge in [0.1, 0.15) is 5.75 Å². The van der Waals surface area contributed by atoms with Crippen LogP contribution in [-0.2, 0) is 30.7 Å². The minimum Gasteiger partial charge on any atom is -0.508 e. The molecule has 55 heavy (non-hydrogen) atoms. The normalized spacial score (nSPS) is 18.7. The lowest BCUT2D eigenvalue weighted by Crippen LogP contribution is -2.50. The zero-order valence-electron chi connectivity index (χ0n) is 30.9. The number of benzene rings is 4. The standard InChI is InChI=1S/C44H44N4O6.ClH/c1-52-35-18-20-45(27-35)26-33-21-29-9-5-6-10-30(29)25-47(33)43(50)37-24-42-41(53-28-54-42)23-36(37)40-22-38(39-13-7-8-19-46(39)40)44(51)48(31-11-3-2-4-12-31)32-14-16-34(49)17-15-32;/h2-6,9-12,14-17,22-24,33,35,49H,7-8,13,18-21,25-28H2,1H3;1H/t33-,35?;/m0./s1. The van der Waals surface area contributed by atoms with E-state index in [0.29, 0.717) is 34.9 Å². The van der Waals surface area contributed by atoms with Crippen LogP contribution in [0.4, 0.5) is 11.4 Å². The summed E-state index contributed by atoms with van der Waals surface area (Å²) in [6, 6.07) is 30.4. The van der Waals surface area contributed by atoms with Crippen molar-refractivity contribution >= 4 is 35.6 Å². The van der Waals surface area contributed by atoms with Crippen molar-refractivity contribution in [2.24, 2.45) is 0 Å². The summed E-state index contributed by atoms with van der Waals surface area (Å²) in [5.41, 5.74) is 7.40. The molecule has 0 spiro atoms. The van der Waals surface area contributed by atoms with Gasteiger partial charge in [-0.2, -0.15) is 0 Å². The molecule has 5 aromatic rings. The van der Waals surface area contributed by atoms with Crippen molar-refractivity contribution < 1.29 is 28.9 Å². The largest absolute Gasteiger partial charge is 0.508 e. The number of phenolic OH excluding ortho intramolecular Hbond substituents is 1. The molecule has 1 unspecified atom stereocenters. The van der Waals surface area contributed by atoms with Gasteiger partial charge in [0, 0.05) is 74.2 Å². The first kappa shape index (κ1) is 36.7. The van der Waals surface area contributed by atoms with Gasteiger partial charge in [0.2, 0.25) is 6.79 Å². The van der Waals surface area contributed by atoms with Crippen LogP contribution < -0.4 is 14.4 Å². The highest BCUT2D eigenvalue weighted by Gasteiger charge is 2.37. The van der Waals surface area contributed by atoms with Crippen molar-refractivity contribution in [3.05, 3.63) is 125 Å². The van der Waals surface area contributed by atoms with Gasteiger partial charge in [0.05, 0.1) is 17.2 Å². The first-order chi connectivity index (χ1) is 26.4. The molecule has 2 amide bonds. The lowest BCUT2D eigenvalue weighted by molar-refractivity contribution is 0.0575. The summed E-state index contributed by atoms with van der Waals surface area (Å²) < 4.78 is 19.7. The minimum atomic E-state index is -0.176. The number of ether oxygens (including phenoxy) is 3. The molecule has 11 heteroatoms. The predicted molar refractivity (Wildman–Crippen MR) is 213 cm³/mol. The third kappa shape index (κ3) is 6.94. The van der Waals surface area contributed by atoms with Gasteiger partial charge in [-0.25, -0.2) is 0 Å². The number of halogens is 1. The van der Waals surface area contributed by atoms with Gasteiger partial charge >= 0.3 is 0 Å². The van der Waals surface area contributed by atoms with Crippen LogP contribution in [0.2, 0.25) is 0 Å². The lowest BCUT2D eigenvalue weighted by Gasteiger charge is -2.39. The van der Waals surface area contributed by atoms with E-state index in [1.807, 2.05) is 59.5 Å². The first-order valence-corrected chi connectivity index (χ1v) is 18.9. The molecule has 2 atom stereocenters. The third-order valence-corrected chi connectivity index (χ3v) is 11.5. The fourth-order valence-electron chi connectivity index (χ4n) is 8.69. The maximum absolute atomic E-state index is 15.2. The van der Waals surface area contributed by atoms with Crippen LogP contribution in [0.15, 0.2) is 97.1 Å². The number of fused-ring (bicyclic) bond motifs is 3. The molecule has 4 aliphatic heterocycles. The van der Waals surface area contributed by atoms with Crippen LogP contribution in [-0.4, -0.2) is 77.0 Å². The number of rotatable bonds is 8. The van der Waals surface area contributed by atoms with Crippen molar-refractivity contribution in [3.63, 3.8) is 0 Å². The molecule has 9 rings (SSSR count). The number of methoxy groups -OCH3 is 1. The van der Waals surface area contributed by atoms with Gasteiger partial charge in [-0.05, 0) is 97.8 Å². The highest BCUT2D eigenvalue weighted by atomic mass is 35.5. The zero-order chi connectivity index (χ0) is 36.8. The van der Waals surface area contributed by atoms with E-state index in [1.54, 1.807) is 36.3 Å². The monoisotopic (exact) mass is 760 g/mol. The topological polar surface area (TPSA) is 96.7 Å². The van der Waals surface area contributed by atoms with E-state index in [-0.39, 0.29) is 48.9 Å². The minimum absolute atomic E-state index is 0. The number of carbonyl (C=O) groups excluding carboxylic acids is 2. The van der Waals surface area contributed by atoms with Crippen molar-refractivity contribution in [2.45, 2.75) is 57.3 Å². The summed E-state index contributed by atoms with van der Waals surface area (Å²) in [7, 11) is 1.77. The molecule has 4 aromatic carbocycles. The number of nitrogens with zero attached hydrogens (tertiary/aromatic N) is 4. The van der Waals surface area contributed by atoms with E-state index in [1.165, 1.54) is 5.56 Å². The van der Waals surface area contributed by atoms with E-state index in [0.717, 1.165) is 86.5 Å². The van der Waals surface area contributed by atoms with E-state index in [2.05, 4.69) is 27.7 Å². The second-order valence-corrected chi connectivity index (χ2v) is 14.7. The average molecular weight is 761 g/mol. The number of carbonyl (C=O) groups is 2. The van der Waals surface area contributed by atoms with E-state index in [4.69, 9.17) is 14.2 Å². The molecule has 1 aromatic heterocycles. The van der Waals surface area contributed by atoms with Crippen LogP contribution in [0.25, 0.3) is 11.3 Å². The predicted octanol–water partition coefficient (Wildman–Crippen LogP) is 7.61. The lowest BCUT2D eigenvalue weighted by atomic mass is 9.92. The number of aromatic nitrogens is 1. The molecular formula is C44H45ClN4O6. The van der Waals surface area contributed by atoms with Crippen LogP contribution >= 0.6 is 12.4 Å². The van der Waals surface area contributed by atoms with E-state index < -0.39 is 0 Å². The highest BCUT2D eigenvalue weighted by molar-refractivity contribution is 6.12. The molecule has 1 saturated heterocycles. The molecule has 0 aliphatic carbocycles. The Kier molecular flexibility index (Phi) is 10.3. The van der Waals surface area contributed by atoms with Gasteiger partial charge in [-0.1, -0.05) is 42.5 Å². The number of hydrogen-bond donors (Lipinski definition) is 1. The van der Waals surface area contributed by atoms with Crippen LogP contribution in [0, 0.1) is 0 Å². The Labute approximate surface area is 327 Å². The van der Waals surface area contributed by atoms with Crippen LogP contribution in [0.5, 0.6) is 17.2 Å². The summed E-state index contributed by atoms with van der Waals surface area (Å²) in [5, 5.41) is 10.1. The Morgan fingerprint density at radius 1 is 0.855 bits per heavy atom. The Balaban J connectivity index is 0.00000427. The molecule has 0 radical (unpaired) electrons. The number of anilines is 2. The number of para-hydroxylation sites is 1. The number of phenols is 1. The quantitative estimate of drug-likeness (QED) is 0.174. The van der Waals surface area contributed by atoms with Gasteiger partial charge in [0.15, 0.2) is 11.5 Å². The fourth-order valence-corrected chi connectivity index (χ4v) is 8.69. The fraction of sp³-hybridized carbons (Fsp3) is 0.318. The number of amides is 2.